The zero-order chi connectivity index (χ0) is 23.8. The Hall–Kier alpha value is -4.11. The van der Waals surface area contributed by atoms with Gasteiger partial charge in [0.25, 0.3) is 5.91 Å². The maximum Gasteiger partial charge on any atom is 0.284 e. The second-order valence-corrected chi connectivity index (χ2v) is 8.92. The van der Waals surface area contributed by atoms with Gasteiger partial charge in [0, 0.05) is 17.4 Å². The summed E-state index contributed by atoms with van der Waals surface area (Å²) in [7, 11) is 0. The van der Waals surface area contributed by atoms with Gasteiger partial charge >= 0.3 is 0 Å². The van der Waals surface area contributed by atoms with E-state index in [0.717, 1.165) is 27.2 Å². The molecule has 3 aromatic heterocycles. The topological polar surface area (TPSA) is 94.8 Å². The quantitative estimate of drug-likeness (QED) is 0.362. The molecule has 0 spiro atoms. The Morgan fingerprint density at radius 2 is 1.74 bits per heavy atom. The lowest BCUT2D eigenvalue weighted by atomic mass is 10.2. The number of thiazole rings is 1. The number of carbonyl (C=O) groups is 1. The van der Waals surface area contributed by atoms with Crippen molar-refractivity contribution in [3.05, 3.63) is 82.4 Å². The third-order valence-corrected chi connectivity index (χ3v) is 6.53. The van der Waals surface area contributed by atoms with Gasteiger partial charge < -0.3 is 10.1 Å². The third kappa shape index (κ3) is 4.25. The van der Waals surface area contributed by atoms with E-state index in [4.69, 9.17) is 4.74 Å². The largest absolute Gasteiger partial charge is 0.439 e. The maximum absolute atomic E-state index is 12.6. The van der Waals surface area contributed by atoms with Gasteiger partial charge in [0.2, 0.25) is 5.88 Å². The van der Waals surface area contributed by atoms with Crippen molar-refractivity contribution < 1.29 is 9.53 Å². The van der Waals surface area contributed by atoms with E-state index in [9.17, 15) is 4.79 Å². The number of aromatic nitrogens is 5. The number of nitrogens with one attached hydrogen (secondary N) is 1. The fourth-order valence-electron chi connectivity index (χ4n) is 3.51. The van der Waals surface area contributed by atoms with Crippen LogP contribution in [-0.2, 0) is 0 Å². The van der Waals surface area contributed by atoms with Crippen molar-refractivity contribution in [2.24, 2.45) is 0 Å². The molecule has 9 heteroatoms. The average Bonchev–Trinajstić information content (AvgIpc) is 3.37. The van der Waals surface area contributed by atoms with Crippen molar-refractivity contribution in [2.75, 3.05) is 5.32 Å². The summed E-state index contributed by atoms with van der Waals surface area (Å²) in [6.07, 6.45) is 0. The molecule has 1 N–H and O–H groups in total. The highest BCUT2D eigenvalue weighted by Crippen LogP contribution is 2.26. The minimum Gasteiger partial charge on any atom is -0.439 e. The van der Waals surface area contributed by atoms with Crippen molar-refractivity contribution in [1.29, 1.82) is 0 Å². The molecule has 8 nitrogen and oxygen atoms in total. The lowest BCUT2D eigenvalue weighted by Gasteiger charge is -2.10. The molecule has 0 saturated heterocycles. The van der Waals surface area contributed by atoms with Gasteiger partial charge in [-0.25, -0.2) is 14.6 Å². The Kier molecular flexibility index (Phi) is 5.54. The normalized spacial score (nSPS) is 11.1. The van der Waals surface area contributed by atoms with Gasteiger partial charge in [0.1, 0.15) is 11.6 Å². The highest BCUT2D eigenvalue weighted by atomic mass is 32.1. The highest BCUT2D eigenvalue weighted by Gasteiger charge is 2.14. The number of carbonyl (C=O) groups excluding carboxylic acids is 1. The van der Waals surface area contributed by atoms with Gasteiger partial charge in [-0.1, -0.05) is 12.1 Å². The SMILES string of the molecule is Cc1nc(Oc2ccc(NC(=O)c3nc4ccccc4s3)cc2)cc(-n2nc(C)c(C)c2C)n1. The number of amides is 1. The van der Waals surface area contributed by atoms with Crippen molar-refractivity contribution >= 4 is 33.1 Å². The second-order valence-electron chi connectivity index (χ2n) is 7.89. The molecule has 3 heterocycles. The van der Waals surface area contributed by atoms with Crippen LogP contribution in [0.4, 0.5) is 5.69 Å². The third-order valence-electron chi connectivity index (χ3n) is 5.49. The van der Waals surface area contributed by atoms with E-state index in [1.165, 1.54) is 11.3 Å². The van der Waals surface area contributed by atoms with Gasteiger partial charge in [0.15, 0.2) is 10.8 Å². The summed E-state index contributed by atoms with van der Waals surface area (Å²) in [6.45, 7) is 7.84. The number of fused-ring (bicyclic) bond motifs is 1. The molecule has 0 atom stereocenters. The molecule has 0 aliphatic rings. The van der Waals surface area contributed by atoms with Gasteiger partial charge in [-0.05, 0) is 69.7 Å². The zero-order valence-corrected chi connectivity index (χ0v) is 20.0. The maximum atomic E-state index is 12.6. The van der Waals surface area contributed by atoms with Crippen molar-refractivity contribution in [3.63, 3.8) is 0 Å². The Balaban J connectivity index is 1.31. The first-order chi connectivity index (χ1) is 16.4. The summed E-state index contributed by atoms with van der Waals surface area (Å²) >= 11 is 1.36. The molecule has 0 bridgehead atoms. The molecule has 0 aliphatic carbocycles. The van der Waals surface area contributed by atoms with Crippen LogP contribution >= 0.6 is 11.3 Å². The number of anilines is 1. The molecule has 0 aliphatic heterocycles. The Morgan fingerprint density at radius 1 is 0.971 bits per heavy atom. The summed E-state index contributed by atoms with van der Waals surface area (Å²) in [4.78, 5) is 25.9. The van der Waals surface area contributed by atoms with Crippen molar-refractivity contribution in [3.8, 4) is 17.4 Å². The van der Waals surface area contributed by atoms with E-state index in [0.29, 0.717) is 34.0 Å². The van der Waals surface area contributed by atoms with Crippen LogP contribution in [0.15, 0.2) is 54.6 Å². The average molecular weight is 471 g/mol. The van der Waals surface area contributed by atoms with Crippen LogP contribution in [0.25, 0.3) is 16.0 Å². The number of benzene rings is 2. The summed E-state index contributed by atoms with van der Waals surface area (Å²) < 4.78 is 8.74. The van der Waals surface area contributed by atoms with Gasteiger partial charge in [-0.3, -0.25) is 4.79 Å². The van der Waals surface area contributed by atoms with Crippen LogP contribution in [0, 0.1) is 27.7 Å². The van der Waals surface area contributed by atoms with Crippen LogP contribution in [0.2, 0.25) is 0 Å². The first kappa shape index (κ1) is 21.7. The number of rotatable bonds is 5. The Labute approximate surface area is 200 Å². The first-order valence-corrected chi connectivity index (χ1v) is 11.5. The van der Waals surface area contributed by atoms with Crippen LogP contribution in [0.5, 0.6) is 11.6 Å². The molecule has 0 fully saturated rings. The molecule has 1 amide bonds. The Morgan fingerprint density at radius 3 is 2.44 bits per heavy atom. The van der Waals surface area contributed by atoms with Crippen molar-refractivity contribution in [2.45, 2.75) is 27.7 Å². The number of hydrogen-bond donors (Lipinski definition) is 1. The van der Waals surface area contributed by atoms with E-state index < -0.39 is 0 Å². The molecule has 0 unspecified atom stereocenters. The molecule has 2 aromatic carbocycles. The zero-order valence-electron chi connectivity index (χ0n) is 19.2. The molecule has 34 heavy (non-hydrogen) atoms. The monoisotopic (exact) mass is 470 g/mol. The van der Waals surface area contributed by atoms with E-state index in [1.807, 2.05) is 52.0 Å². The molecule has 170 valence electrons. The smallest absolute Gasteiger partial charge is 0.284 e. The standard InChI is InChI=1S/C25H22N6O2S/c1-14-15(2)30-31(16(14)3)22-13-23(27-17(4)26-22)33-19-11-9-18(10-12-19)28-24(32)25-29-20-7-5-6-8-21(20)34-25/h5-13H,1-4H3,(H,28,32). The van der Waals surface area contributed by atoms with Gasteiger partial charge in [-0.15, -0.1) is 11.3 Å². The van der Waals surface area contributed by atoms with E-state index in [1.54, 1.807) is 35.0 Å². The van der Waals surface area contributed by atoms with Crippen molar-refractivity contribution in [1.82, 2.24) is 24.7 Å². The van der Waals surface area contributed by atoms with Crippen LogP contribution in [0.1, 0.15) is 32.6 Å². The summed E-state index contributed by atoms with van der Waals surface area (Å²) in [6, 6.07) is 16.5. The van der Waals surface area contributed by atoms with E-state index >= 15 is 0 Å². The molecule has 5 aromatic rings. The lowest BCUT2D eigenvalue weighted by molar-refractivity contribution is 0.102. The predicted molar refractivity (Wildman–Crippen MR) is 132 cm³/mol. The molecular weight excluding hydrogens is 448 g/mol. The fourth-order valence-corrected chi connectivity index (χ4v) is 4.37. The molecule has 0 saturated carbocycles. The van der Waals surface area contributed by atoms with Crippen LogP contribution < -0.4 is 10.1 Å². The predicted octanol–water partition coefficient (Wildman–Crippen LogP) is 5.55. The summed E-state index contributed by atoms with van der Waals surface area (Å²) in [5.41, 5.74) is 4.57. The number of ether oxygens (including phenoxy) is 1. The molecule has 5 rings (SSSR count). The van der Waals surface area contributed by atoms with Gasteiger partial charge in [0.05, 0.1) is 15.9 Å². The number of aryl methyl sites for hydroxylation is 2. The summed E-state index contributed by atoms with van der Waals surface area (Å²) in [5, 5.41) is 7.87. The first-order valence-electron chi connectivity index (χ1n) is 10.7. The van der Waals surface area contributed by atoms with Crippen LogP contribution in [0.3, 0.4) is 0 Å². The summed E-state index contributed by atoms with van der Waals surface area (Å²) in [5.74, 6) is 1.99. The van der Waals surface area contributed by atoms with Crippen LogP contribution in [-0.4, -0.2) is 30.6 Å². The van der Waals surface area contributed by atoms with E-state index in [-0.39, 0.29) is 5.91 Å². The lowest BCUT2D eigenvalue weighted by Crippen LogP contribution is -2.11. The second kappa shape index (κ2) is 8.68. The molecule has 0 radical (unpaired) electrons. The van der Waals surface area contributed by atoms with Gasteiger partial charge in [-0.2, -0.15) is 10.1 Å². The number of para-hydroxylation sites is 1. The fraction of sp³-hybridized carbons (Fsp3) is 0.160. The Bertz CT molecular complexity index is 1490. The minimum absolute atomic E-state index is 0.244. The molecular formula is C25H22N6O2S. The highest BCUT2D eigenvalue weighted by molar-refractivity contribution is 7.20. The number of nitrogens with zero attached hydrogens (tertiary/aromatic N) is 5. The van der Waals surface area contributed by atoms with E-state index in [2.05, 4.69) is 25.4 Å². The minimum atomic E-state index is -0.244. The number of hydrogen-bond acceptors (Lipinski definition) is 7.